The summed E-state index contributed by atoms with van der Waals surface area (Å²) in [6.45, 7) is 0. The van der Waals surface area contributed by atoms with Crippen molar-refractivity contribution in [3.8, 4) is 0 Å². The molecule has 1 heterocycles. The van der Waals surface area contributed by atoms with E-state index < -0.39 is 17.6 Å². The Morgan fingerprint density at radius 2 is 2.05 bits per heavy atom. The summed E-state index contributed by atoms with van der Waals surface area (Å²) in [6.07, 6.45) is -1.97. The number of nitrogens with zero attached hydrogens (tertiary/aromatic N) is 1. The molecular weight excluding hydrogens is 351 g/mol. The zero-order valence-electron chi connectivity index (χ0n) is 10.4. The fourth-order valence-corrected chi connectivity index (χ4v) is 1.93. The van der Waals surface area contributed by atoms with Crippen LogP contribution < -0.4 is 5.43 Å². The Bertz CT molecular complexity index is 679. The van der Waals surface area contributed by atoms with Crippen LogP contribution in [-0.2, 0) is 6.18 Å². The highest BCUT2D eigenvalue weighted by molar-refractivity contribution is 9.10. The molecule has 0 spiro atoms. The molecule has 0 saturated carbocycles. The molecule has 0 aliphatic heterocycles. The summed E-state index contributed by atoms with van der Waals surface area (Å²) in [5, 5.41) is 3.54. The highest BCUT2D eigenvalue weighted by atomic mass is 79.9. The number of carbonyl (C=O) groups is 1. The average molecular weight is 360 g/mol. The molecule has 2 rings (SSSR count). The predicted molar refractivity (Wildman–Crippen MR) is 75.0 cm³/mol. The molecule has 8 heteroatoms. The molecule has 2 N–H and O–H groups in total. The van der Waals surface area contributed by atoms with Gasteiger partial charge in [0.2, 0.25) is 0 Å². The Kier molecular flexibility index (Phi) is 4.46. The molecule has 0 atom stereocenters. The van der Waals surface area contributed by atoms with E-state index in [4.69, 9.17) is 0 Å². The number of alkyl halides is 3. The summed E-state index contributed by atoms with van der Waals surface area (Å²) in [4.78, 5) is 14.3. The molecule has 0 unspecified atom stereocenters. The standard InChI is InChI=1S/C13H9BrF3N3O/c14-9-5-11(18-7-9)12(21)20-19-6-8-3-1-2-4-10(8)13(15,16)17/h1-7,18H,(H,20,21)/b19-6-. The first-order valence-electron chi connectivity index (χ1n) is 5.71. The molecule has 0 saturated heterocycles. The molecule has 1 aromatic heterocycles. The van der Waals surface area contributed by atoms with E-state index in [1.165, 1.54) is 24.3 Å². The number of hydrogen-bond donors (Lipinski definition) is 2. The fraction of sp³-hybridized carbons (Fsp3) is 0.0769. The van der Waals surface area contributed by atoms with Crippen LogP contribution in [0, 0.1) is 0 Å². The van der Waals surface area contributed by atoms with E-state index in [1.807, 2.05) is 0 Å². The molecule has 0 radical (unpaired) electrons. The fourth-order valence-electron chi connectivity index (χ4n) is 1.59. The van der Waals surface area contributed by atoms with E-state index in [1.54, 1.807) is 6.20 Å². The Hall–Kier alpha value is -2.09. The van der Waals surface area contributed by atoms with Crippen molar-refractivity contribution in [2.24, 2.45) is 5.10 Å². The van der Waals surface area contributed by atoms with Crippen LogP contribution in [0.5, 0.6) is 0 Å². The second kappa shape index (κ2) is 6.13. The van der Waals surface area contributed by atoms with Gasteiger partial charge < -0.3 is 4.98 Å². The van der Waals surface area contributed by atoms with Gasteiger partial charge in [0.25, 0.3) is 5.91 Å². The molecule has 1 aromatic carbocycles. The highest BCUT2D eigenvalue weighted by Gasteiger charge is 2.32. The van der Waals surface area contributed by atoms with E-state index >= 15 is 0 Å². The summed E-state index contributed by atoms with van der Waals surface area (Å²) >= 11 is 3.16. The maximum absolute atomic E-state index is 12.7. The molecule has 4 nitrogen and oxygen atoms in total. The summed E-state index contributed by atoms with van der Waals surface area (Å²) in [7, 11) is 0. The van der Waals surface area contributed by atoms with Crippen molar-refractivity contribution >= 4 is 28.1 Å². The normalized spacial score (nSPS) is 11.8. The van der Waals surface area contributed by atoms with Crippen LogP contribution in [0.2, 0.25) is 0 Å². The number of rotatable bonds is 3. The molecule has 110 valence electrons. The third-order valence-electron chi connectivity index (χ3n) is 2.53. The summed E-state index contributed by atoms with van der Waals surface area (Å²) in [6, 6.07) is 6.49. The van der Waals surface area contributed by atoms with Crippen molar-refractivity contribution in [2.75, 3.05) is 0 Å². The van der Waals surface area contributed by atoms with Crippen molar-refractivity contribution in [1.82, 2.24) is 10.4 Å². The van der Waals surface area contributed by atoms with Gasteiger partial charge in [-0.3, -0.25) is 4.79 Å². The number of amides is 1. The number of hydrogen-bond acceptors (Lipinski definition) is 2. The van der Waals surface area contributed by atoms with E-state index in [9.17, 15) is 18.0 Å². The minimum atomic E-state index is -4.48. The first-order valence-corrected chi connectivity index (χ1v) is 6.51. The lowest BCUT2D eigenvalue weighted by Crippen LogP contribution is -2.18. The van der Waals surface area contributed by atoms with Gasteiger partial charge in [-0.1, -0.05) is 18.2 Å². The molecule has 21 heavy (non-hydrogen) atoms. The van der Waals surface area contributed by atoms with Gasteiger partial charge in [0.05, 0.1) is 11.8 Å². The predicted octanol–water partition coefficient (Wildman–Crippen LogP) is 3.56. The topological polar surface area (TPSA) is 57.2 Å². The van der Waals surface area contributed by atoms with E-state index in [0.717, 1.165) is 12.3 Å². The van der Waals surface area contributed by atoms with Gasteiger partial charge in [-0.25, -0.2) is 5.43 Å². The molecule has 2 aromatic rings. The maximum Gasteiger partial charge on any atom is 0.417 e. The first-order chi connectivity index (χ1) is 9.88. The number of benzene rings is 1. The van der Waals surface area contributed by atoms with Crippen molar-refractivity contribution in [3.05, 3.63) is 57.8 Å². The highest BCUT2D eigenvalue weighted by Crippen LogP contribution is 2.30. The van der Waals surface area contributed by atoms with Crippen molar-refractivity contribution in [2.45, 2.75) is 6.18 Å². The van der Waals surface area contributed by atoms with Gasteiger partial charge >= 0.3 is 6.18 Å². The zero-order valence-corrected chi connectivity index (χ0v) is 12.0. The Labute approximate surface area is 126 Å². The van der Waals surface area contributed by atoms with Crippen LogP contribution in [-0.4, -0.2) is 17.1 Å². The Morgan fingerprint density at radius 3 is 2.67 bits per heavy atom. The van der Waals surface area contributed by atoms with Crippen LogP contribution in [0.4, 0.5) is 13.2 Å². The Balaban J connectivity index is 2.10. The lowest BCUT2D eigenvalue weighted by Gasteiger charge is -2.09. The second-order valence-corrected chi connectivity index (χ2v) is 4.93. The monoisotopic (exact) mass is 359 g/mol. The van der Waals surface area contributed by atoms with E-state index in [-0.39, 0.29) is 11.3 Å². The van der Waals surface area contributed by atoms with Gasteiger partial charge in [-0.2, -0.15) is 18.3 Å². The van der Waals surface area contributed by atoms with E-state index in [2.05, 4.69) is 31.4 Å². The first kappa shape index (κ1) is 15.3. The third kappa shape index (κ3) is 3.94. The van der Waals surface area contributed by atoms with Gasteiger partial charge in [0.1, 0.15) is 5.69 Å². The minimum Gasteiger partial charge on any atom is -0.356 e. The largest absolute Gasteiger partial charge is 0.417 e. The number of nitrogens with one attached hydrogen (secondary N) is 2. The number of H-pyrrole nitrogens is 1. The second-order valence-electron chi connectivity index (χ2n) is 4.02. The zero-order chi connectivity index (χ0) is 15.5. The van der Waals surface area contributed by atoms with Crippen LogP contribution >= 0.6 is 15.9 Å². The molecule has 0 aliphatic carbocycles. The van der Waals surface area contributed by atoms with Crippen molar-refractivity contribution in [3.63, 3.8) is 0 Å². The number of carbonyl (C=O) groups excluding carboxylic acids is 1. The average Bonchev–Trinajstić information content (AvgIpc) is 2.85. The molecular formula is C13H9BrF3N3O. The molecule has 0 bridgehead atoms. The quantitative estimate of drug-likeness (QED) is 0.638. The molecule has 0 aliphatic rings. The lowest BCUT2D eigenvalue weighted by atomic mass is 10.1. The maximum atomic E-state index is 12.7. The van der Waals surface area contributed by atoms with Gasteiger partial charge in [-0.15, -0.1) is 0 Å². The summed E-state index contributed by atoms with van der Waals surface area (Å²) < 4.78 is 38.9. The minimum absolute atomic E-state index is 0.127. The Morgan fingerprint density at radius 1 is 1.33 bits per heavy atom. The van der Waals surface area contributed by atoms with Crippen LogP contribution in [0.1, 0.15) is 21.6 Å². The van der Waals surface area contributed by atoms with Crippen LogP contribution in [0.3, 0.4) is 0 Å². The summed E-state index contributed by atoms with van der Waals surface area (Å²) in [5.74, 6) is -0.554. The van der Waals surface area contributed by atoms with Gasteiger partial charge in [0, 0.05) is 16.2 Å². The lowest BCUT2D eigenvalue weighted by molar-refractivity contribution is -0.137. The van der Waals surface area contributed by atoms with Crippen molar-refractivity contribution in [1.29, 1.82) is 0 Å². The third-order valence-corrected chi connectivity index (χ3v) is 2.99. The molecule has 1 amide bonds. The number of aromatic amines is 1. The van der Waals surface area contributed by atoms with Crippen LogP contribution in [0.25, 0.3) is 0 Å². The smallest absolute Gasteiger partial charge is 0.356 e. The van der Waals surface area contributed by atoms with Gasteiger partial charge in [0.15, 0.2) is 0 Å². The summed E-state index contributed by atoms with van der Waals surface area (Å²) in [5.41, 5.74) is 1.45. The SMILES string of the molecule is O=C(N/N=C\c1ccccc1C(F)(F)F)c1cc(Br)c[nH]1. The molecule has 0 fully saturated rings. The van der Waals surface area contributed by atoms with E-state index in [0.29, 0.717) is 4.47 Å². The van der Waals surface area contributed by atoms with Gasteiger partial charge in [-0.05, 0) is 28.1 Å². The number of aromatic nitrogens is 1. The van der Waals surface area contributed by atoms with Crippen LogP contribution in [0.15, 0.2) is 46.1 Å². The number of halogens is 4. The number of hydrazone groups is 1. The van der Waals surface area contributed by atoms with Crippen molar-refractivity contribution < 1.29 is 18.0 Å².